The van der Waals surface area contributed by atoms with Crippen LogP contribution in [0.2, 0.25) is 0 Å². The van der Waals surface area contributed by atoms with Crippen LogP contribution >= 0.6 is 12.4 Å². The maximum Gasteiger partial charge on any atom is 0.301 e. The first-order valence-corrected chi connectivity index (χ1v) is 7.17. The Hall–Kier alpha value is -1.82. The number of nitrogens with one attached hydrogen (secondary N) is 1. The van der Waals surface area contributed by atoms with Gasteiger partial charge in [0.2, 0.25) is 0 Å². The number of piperazine rings is 1. The fraction of sp³-hybridized carbons (Fsp3) is 0.312. The van der Waals surface area contributed by atoms with Gasteiger partial charge in [0, 0.05) is 32.7 Å². The lowest BCUT2D eigenvalue weighted by atomic mass is 10.2. The van der Waals surface area contributed by atoms with Crippen molar-refractivity contribution in [2.45, 2.75) is 6.54 Å². The van der Waals surface area contributed by atoms with Gasteiger partial charge in [-0.05, 0) is 17.7 Å². The highest BCUT2D eigenvalue weighted by molar-refractivity contribution is 5.90. The minimum atomic E-state index is -0.184. The number of rotatable bonds is 4. The number of hydrogen-bond donors (Lipinski definition) is 1. The topological polar surface area (TPSA) is 48.7 Å². The van der Waals surface area contributed by atoms with Crippen molar-refractivity contribution in [3.63, 3.8) is 0 Å². The number of carbonyl (C=O) groups is 1. The molecule has 5 nitrogen and oxygen atoms in total. The summed E-state index contributed by atoms with van der Waals surface area (Å²) < 4.78 is 5.09. The van der Waals surface area contributed by atoms with Crippen LogP contribution < -0.4 is 5.43 Å². The van der Waals surface area contributed by atoms with Gasteiger partial charge < -0.3 is 4.42 Å². The van der Waals surface area contributed by atoms with Crippen molar-refractivity contribution in [3.8, 4) is 0 Å². The Morgan fingerprint density at radius 3 is 2.41 bits per heavy atom. The van der Waals surface area contributed by atoms with E-state index in [9.17, 15) is 4.79 Å². The fourth-order valence-electron chi connectivity index (χ4n) is 2.47. The summed E-state index contributed by atoms with van der Waals surface area (Å²) in [5.41, 5.74) is 4.20. The van der Waals surface area contributed by atoms with Crippen LogP contribution in [0.3, 0.4) is 0 Å². The summed E-state index contributed by atoms with van der Waals surface area (Å²) in [7, 11) is 0. The minimum Gasteiger partial charge on any atom is -0.459 e. The van der Waals surface area contributed by atoms with E-state index < -0.39 is 0 Å². The van der Waals surface area contributed by atoms with Crippen molar-refractivity contribution in [2.75, 3.05) is 26.2 Å². The number of nitrogens with zero attached hydrogens (tertiary/aromatic N) is 2. The highest BCUT2D eigenvalue weighted by Gasteiger charge is 2.19. The molecule has 3 rings (SSSR count). The Labute approximate surface area is 136 Å². The lowest BCUT2D eigenvalue weighted by Crippen LogP contribution is -2.53. The lowest BCUT2D eigenvalue weighted by Gasteiger charge is -2.34. The van der Waals surface area contributed by atoms with E-state index in [0.29, 0.717) is 5.76 Å². The normalized spacial score (nSPS) is 16.0. The molecule has 1 saturated heterocycles. The van der Waals surface area contributed by atoms with E-state index in [1.807, 2.05) is 11.1 Å². The molecule has 2 aromatic rings. The predicted octanol–water partition coefficient (Wildman–Crippen LogP) is 2.16. The number of halogens is 1. The SMILES string of the molecule is Cl.O=C(NN1CCN(Cc2ccccc2)CC1)c1ccco1. The summed E-state index contributed by atoms with van der Waals surface area (Å²) in [6.07, 6.45) is 1.51. The van der Waals surface area contributed by atoms with E-state index in [4.69, 9.17) is 4.42 Å². The molecule has 118 valence electrons. The monoisotopic (exact) mass is 321 g/mol. The van der Waals surface area contributed by atoms with Gasteiger partial charge in [0.05, 0.1) is 6.26 Å². The third kappa shape index (κ3) is 4.34. The van der Waals surface area contributed by atoms with Crippen molar-refractivity contribution in [3.05, 3.63) is 60.1 Å². The third-order valence-corrected chi connectivity index (χ3v) is 3.63. The van der Waals surface area contributed by atoms with E-state index in [0.717, 1.165) is 32.7 Å². The van der Waals surface area contributed by atoms with Gasteiger partial charge >= 0.3 is 5.91 Å². The minimum absolute atomic E-state index is 0. The first-order valence-electron chi connectivity index (χ1n) is 7.17. The molecule has 2 heterocycles. The van der Waals surface area contributed by atoms with Crippen LogP contribution in [0.5, 0.6) is 0 Å². The second-order valence-corrected chi connectivity index (χ2v) is 5.17. The summed E-state index contributed by atoms with van der Waals surface area (Å²) in [5.74, 6) is 0.165. The summed E-state index contributed by atoms with van der Waals surface area (Å²) >= 11 is 0. The van der Waals surface area contributed by atoms with Gasteiger partial charge in [-0.2, -0.15) is 0 Å². The molecule has 0 aliphatic carbocycles. The number of hydrogen-bond acceptors (Lipinski definition) is 4. The molecular formula is C16H20ClN3O2. The Morgan fingerprint density at radius 1 is 1.05 bits per heavy atom. The zero-order valence-electron chi connectivity index (χ0n) is 12.3. The van der Waals surface area contributed by atoms with Crippen molar-refractivity contribution < 1.29 is 9.21 Å². The van der Waals surface area contributed by atoms with Crippen molar-refractivity contribution >= 4 is 18.3 Å². The maximum atomic E-state index is 11.9. The van der Waals surface area contributed by atoms with Gasteiger partial charge in [-0.1, -0.05) is 30.3 Å². The van der Waals surface area contributed by atoms with E-state index >= 15 is 0 Å². The van der Waals surface area contributed by atoms with Crippen LogP contribution in [0, 0.1) is 0 Å². The largest absolute Gasteiger partial charge is 0.459 e. The predicted molar refractivity (Wildman–Crippen MR) is 86.7 cm³/mol. The fourth-order valence-corrected chi connectivity index (χ4v) is 2.47. The summed E-state index contributed by atoms with van der Waals surface area (Å²) in [6, 6.07) is 13.8. The van der Waals surface area contributed by atoms with Crippen LogP contribution in [0.4, 0.5) is 0 Å². The van der Waals surface area contributed by atoms with Crippen LogP contribution in [0.1, 0.15) is 16.1 Å². The average Bonchev–Trinajstić information content (AvgIpc) is 3.05. The maximum absolute atomic E-state index is 11.9. The molecule has 0 spiro atoms. The van der Waals surface area contributed by atoms with Crippen molar-refractivity contribution in [1.82, 2.24) is 15.3 Å². The Kier molecular flexibility index (Phi) is 6.00. The molecule has 0 radical (unpaired) electrons. The molecule has 0 saturated carbocycles. The molecule has 0 atom stereocenters. The molecule has 0 bridgehead atoms. The van der Waals surface area contributed by atoms with Gasteiger partial charge in [0.15, 0.2) is 5.76 Å². The molecule has 22 heavy (non-hydrogen) atoms. The number of hydrazine groups is 1. The summed E-state index contributed by atoms with van der Waals surface area (Å²) in [6.45, 7) is 4.47. The first kappa shape index (κ1) is 16.5. The number of amides is 1. The van der Waals surface area contributed by atoms with Crippen LogP contribution in [-0.2, 0) is 6.54 Å². The number of benzene rings is 1. The molecule has 1 aliphatic heterocycles. The van der Waals surface area contributed by atoms with E-state index in [1.165, 1.54) is 11.8 Å². The molecule has 1 aromatic heterocycles. The zero-order valence-corrected chi connectivity index (χ0v) is 13.1. The van der Waals surface area contributed by atoms with Crippen LogP contribution in [0.15, 0.2) is 53.1 Å². The standard InChI is InChI=1S/C16H19N3O2.ClH/c20-16(15-7-4-12-21-15)17-19-10-8-18(9-11-19)13-14-5-2-1-3-6-14;/h1-7,12H,8-11,13H2,(H,17,20);1H. The molecular weight excluding hydrogens is 302 g/mol. The van der Waals surface area contributed by atoms with Gasteiger partial charge in [0.1, 0.15) is 0 Å². The van der Waals surface area contributed by atoms with Gasteiger partial charge in [-0.3, -0.25) is 15.1 Å². The van der Waals surface area contributed by atoms with E-state index in [-0.39, 0.29) is 18.3 Å². The first-order chi connectivity index (χ1) is 10.3. The lowest BCUT2D eigenvalue weighted by molar-refractivity contribution is 0.0581. The summed E-state index contributed by atoms with van der Waals surface area (Å²) in [4.78, 5) is 14.3. The molecule has 1 aromatic carbocycles. The van der Waals surface area contributed by atoms with E-state index in [2.05, 4.69) is 34.6 Å². The Balaban J connectivity index is 0.00000176. The second kappa shape index (κ2) is 7.98. The number of furan rings is 1. The summed E-state index contributed by atoms with van der Waals surface area (Å²) in [5, 5.41) is 1.95. The average molecular weight is 322 g/mol. The van der Waals surface area contributed by atoms with Gasteiger partial charge in [-0.15, -0.1) is 12.4 Å². The smallest absolute Gasteiger partial charge is 0.301 e. The van der Waals surface area contributed by atoms with Gasteiger partial charge in [-0.25, -0.2) is 5.01 Å². The van der Waals surface area contributed by atoms with Crippen LogP contribution in [0.25, 0.3) is 0 Å². The van der Waals surface area contributed by atoms with Crippen LogP contribution in [-0.4, -0.2) is 42.0 Å². The highest BCUT2D eigenvalue weighted by Crippen LogP contribution is 2.08. The zero-order chi connectivity index (χ0) is 14.5. The molecule has 1 aliphatic rings. The highest BCUT2D eigenvalue weighted by atomic mass is 35.5. The molecule has 1 amide bonds. The molecule has 6 heteroatoms. The Bertz CT molecular complexity index is 566. The van der Waals surface area contributed by atoms with E-state index in [1.54, 1.807) is 12.1 Å². The third-order valence-electron chi connectivity index (χ3n) is 3.63. The quantitative estimate of drug-likeness (QED) is 0.937. The molecule has 1 N–H and O–H groups in total. The molecule has 0 unspecified atom stereocenters. The van der Waals surface area contributed by atoms with Crippen molar-refractivity contribution in [2.24, 2.45) is 0 Å². The Morgan fingerprint density at radius 2 is 1.77 bits per heavy atom. The number of carbonyl (C=O) groups excluding carboxylic acids is 1. The second-order valence-electron chi connectivity index (χ2n) is 5.17. The van der Waals surface area contributed by atoms with Crippen molar-refractivity contribution in [1.29, 1.82) is 0 Å². The van der Waals surface area contributed by atoms with Gasteiger partial charge in [0.25, 0.3) is 0 Å². The molecule has 1 fully saturated rings.